The van der Waals surface area contributed by atoms with Crippen LogP contribution in [0.1, 0.15) is 20.3 Å². The van der Waals surface area contributed by atoms with E-state index in [1.807, 2.05) is 0 Å². The van der Waals surface area contributed by atoms with Crippen molar-refractivity contribution in [3.8, 4) is 0 Å². The molecule has 1 N–H and O–H groups in total. The largest absolute Gasteiger partial charge is 0.457 e. The van der Waals surface area contributed by atoms with Gasteiger partial charge >= 0.3 is 5.97 Å². The van der Waals surface area contributed by atoms with Gasteiger partial charge < -0.3 is 19.3 Å². The highest BCUT2D eigenvalue weighted by Crippen LogP contribution is 2.29. The molecular weight excluding hydrogens is 188 g/mol. The summed E-state index contributed by atoms with van der Waals surface area (Å²) in [7, 11) is 0. The van der Waals surface area contributed by atoms with Crippen molar-refractivity contribution < 1.29 is 24.1 Å². The van der Waals surface area contributed by atoms with Crippen molar-refractivity contribution in [3.05, 3.63) is 0 Å². The van der Waals surface area contributed by atoms with Crippen LogP contribution < -0.4 is 0 Å². The van der Waals surface area contributed by atoms with Gasteiger partial charge in [-0.15, -0.1) is 0 Å². The maximum Gasteiger partial charge on any atom is 0.335 e. The molecule has 5 nitrogen and oxygen atoms in total. The third kappa shape index (κ3) is 1.75. The number of hydrogen-bond donors (Lipinski definition) is 1. The van der Waals surface area contributed by atoms with Crippen LogP contribution in [0.4, 0.5) is 0 Å². The van der Waals surface area contributed by atoms with E-state index in [4.69, 9.17) is 14.2 Å². The van der Waals surface area contributed by atoms with Crippen LogP contribution >= 0.6 is 0 Å². The SMILES string of the molecule is CC1(C)OC[C@H]([C@H]2C[C@@H](O)C(=O)O2)O1. The molecule has 2 rings (SSSR count). The van der Waals surface area contributed by atoms with E-state index >= 15 is 0 Å². The second kappa shape index (κ2) is 3.18. The molecule has 2 fully saturated rings. The maximum absolute atomic E-state index is 10.9. The molecule has 0 aromatic heterocycles. The zero-order valence-electron chi connectivity index (χ0n) is 8.23. The van der Waals surface area contributed by atoms with Gasteiger partial charge in [-0.25, -0.2) is 4.79 Å². The summed E-state index contributed by atoms with van der Waals surface area (Å²) in [5.41, 5.74) is 0. The van der Waals surface area contributed by atoms with Crippen LogP contribution in [-0.2, 0) is 19.0 Å². The molecule has 0 radical (unpaired) electrons. The Balaban J connectivity index is 1.95. The number of carbonyl (C=O) groups excluding carboxylic acids is 1. The van der Waals surface area contributed by atoms with Crippen LogP contribution in [-0.4, -0.2) is 41.8 Å². The Bertz CT molecular complexity index is 250. The van der Waals surface area contributed by atoms with Crippen LogP contribution in [0.25, 0.3) is 0 Å². The molecule has 0 aromatic rings. The highest BCUT2D eigenvalue weighted by Gasteiger charge is 2.44. The summed E-state index contributed by atoms with van der Waals surface area (Å²) in [6.45, 7) is 4.01. The number of ether oxygens (including phenoxy) is 3. The molecule has 5 heteroatoms. The average Bonchev–Trinajstić information content (AvgIpc) is 2.57. The average molecular weight is 202 g/mol. The Morgan fingerprint density at radius 1 is 1.43 bits per heavy atom. The standard InChI is InChI=1S/C9H14O5/c1-9(2)12-4-7(14-9)6-3-5(10)8(11)13-6/h5-7,10H,3-4H2,1-2H3/t5-,6-,7-/m1/s1. The van der Waals surface area contributed by atoms with Crippen LogP contribution in [0.3, 0.4) is 0 Å². The van der Waals surface area contributed by atoms with Crippen LogP contribution in [0.5, 0.6) is 0 Å². The zero-order chi connectivity index (χ0) is 10.3. The van der Waals surface area contributed by atoms with E-state index in [0.717, 1.165) is 0 Å². The highest BCUT2D eigenvalue weighted by atomic mass is 16.8. The van der Waals surface area contributed by atoms with E-state index in [0.29, 0.717) is 13.0 Å². The number of cyclic esters (lactones) is 1. The van der Waals surface area contributed by atoms with E-state index in [-0.39, 0.29) is 12.2 Å². The number of carbonyl (C=O) groups is 1. The van der Waals surface area contributed by atoms with E-state index in [2.05, 4.69) is 0 Å². The molecule has 0 unspecified atom stereocenters. The summed E-state index contributed by atoms with van der Waals surface area (Å²) in [6.07, 6.45) is -1.35. The van der Waals surface area contributed by atoms with Gasteiger partial charge in [-0.1, -0.05) is 0 Å². The van der Waals surface area contributed by atoms with Crippen molar-refractivity contribution in [1.82, 2.24) is 0 Å². The Labute approximate surface area is 81.9 Å². The summed E-state index contributed by atoms with van der Waals surface area (Å²) >= 11 is 0. The number of aliphatic hydroxyl groups excluding tert-OH is 1. The second-order valence-electron chi connectivity index (χ2n) is 4.09. The van der Waals surface area contributed by atoms with Gasteiger partial charge in [0.25, 0.3) is 0 Å². The van der Waals surface area contributed by atoms with Crippen LogP contribution in [0.2, 0.25) is 0 Å². The lowest BCUT2D eigenvalue weighted by molar-refractivity contribution is -0.163. The van der Waals surface area contributed by atoms with Gasteiger partial charge in [-0.05, 0) is 13.8 Å². The molecule has 2 aliphatic rings. The Morgan fingerprint density at radius 2 is 2.14 bits per heavy atom. The summed E-state index contributed by atoms with van der Waals surface area (Å²) in [4.78, 5) is 10.9. The van der Waals surface area contributed by atoms with Gasteiger partial charge in [-0.2, -0.15) is 0 Å². The first-order chi connectivity index (χ1) is 6.48. The molecular formula is C9H14O5. The van der Waals surface area contributed by atoms with Gasteiger partial charge in [0.1, 0.15) is 12.2 Å². The first kappa shape index (κ1) is 9.89. The fraction of sp³-hybridized carbons (Fsp3) is 0.889. The van der Waals surface area contributed by atoms with E-state index in [1.54, 1.807) is 13.8 Å². The molecule has 80 valence electrons. The van der Waals surface area contributed by atoms with Gasteiger partial charge in [0.05, 0.1) is 6.61 Å². The lowest BCUT2D eigenvalue weighted by Gasteiger charge is -2.19. The van der Waals surface area contributed by atoms with Crippen molar-refractivity contribution in [2.45, 2.75) is 44.4 Å². The van der Waals surface area contributed by atoms with Crippen molar-refractivity contribution >= 4 is 5.97 Å². The fourth-order valence-corrected chi connectivity index (χ4v) is 1.72. The predicted molar refractivity (Wildman–Crippen MR) is 45.4 cm³/mol. The van der Waals surface area contributed by atoms with Crippen molar-refractivity contribution in [1.29, 1.82) is 0 Å². The zero-order valence-corrected chi connectivity index (χ0v) is 8.23. The number of rotatable bonds is 1. The molecule has 2 heterocycles. The lowest BCUT2D eigenvalue weighted by Crippen LogP contribution is -2.30. The van der Waals surface area contributed by atoms with Gasteiger partial charge in [0, 0.05) is 6.42 Å². The summed E-state index contributed by atoms with van der Waals surface area (Å²) < 4.78 is 15.8. The lowest BCUT2D eigenvalue weighted by atomic mass is 10.1. The quantitative estimate of drug-likeness (QED) is 0.597. The molecule has 0 amide bonds. The third-order valence-electron chi connectivity index (χ3n) is 2.44. The van der Waals surface area contributed by atoms with Crippen molar-refractivity contribution in [2.75, 3.05) is 6.61 Å². The third-order valence-corrected chi connectivity index (χ3v) is 2.44. The molecule has 3 atom stereocenters. The minimum atomic E-state index is -1.01. The van der Waals surface area contributed by atoms with Crippen molar-refractivity contribution in [3.63, 3.8) is 0 Å². The smallest absolute Gasteiger partial charge is 0.335 e. The fourth-order valence-electron chi connectivity index (χ4n) is 1.72. The molecule has 0 bridgehead atoms. The second-order valence-corrected chi connectivity index (χ2v) is 4.09. The molecule has 0 aliphatic carbocycles. The summed E-state index contributed by atoms with van der Waals surface area (Å²) in [6, 6.07) is 0. The molecule has 2 aliphatic heterocycles. The van der Waals surface area contributed by atoms with E-state index in [1.165, 1.54) is 0 Å². The monoisotopic (exact) mass is 202 g/mol. The molecule has 2 saturated heterocycles. The van der Waals surface area contributed by atoms with Crippen molar-refractivity contribution in [2.24, 2.45) is 0 Å². The maximum atomic E-state index is 10.9. The highest BCUT2D eigenvalue weighted by molar-refractivity contribution is 5.76. The predicted octanol–water partition coefficient (Wildman–Crippen LogP) is -0.186. The summed E-state index contributed by atoms with van der Waals surface area (Å²) in [5, 5.41) is 9.19. The molecule has 0 spiro atoms. The van der Waals surface area contributed by atoms with E-state index in [9.17, 15) is 9.90 Å². The Morgan fingerprint density at radius 3 is 2.57 bits per heavy atom. The normalized spacial score (nSPS) is 41.4. The van der Waals surface area contributed by atoms with Gasteiger partial charge in [0.2, 0.25) is 0 Å². The van der Waals surface area contributed by atoms with Gasteiger partial charge in [-0.3, -0.25) is 0 Å². The molecule has 14 heavy (non-hydrogen) atoms. The Kier molecular flexibility index (Phi) is 2.25. The minimum absolute atomic E-state index is 0.258. The number of aliphatic hydroxyl groups is 1. The van der Waals surface area contributed by atoms with Crippen LogP contribution in [0.15, 0.2) is 0 Å². The first-order valence-electron chi connectivity index (χ1n) is 4.68. The number of esters is 1. The number of hydrogen-bond acceptors (Lipinski definition) is 5. The summed E-state index contributed by atoms with van der Waals surface area (Å²) in [5.74, 6) is -1.19. The van der Waals surface area contributed by atoms with Gasteiger partial charge in [0.15, 0.2) is 11.9 Å². The minimum Gasteiger partial charge on any atom is -0.457 e. The first-order valence-corrected chi connectivity index (χ1v) is 4.68. The van der Waals surface area contributed by atoms with E-state index < -0.39 is 17.9 Å². The Hall–Kier alpha value is -0.650. The topological polar surface area (TPSA) is 65.0 Å². The molecule has 0 aromatic carbocycles. The molecule has 0 saturated carbocycles. The van der Waals surface area contributed by atoms with Crippen LogP contribution in [0, 0.1) is 0 Å².